The third kappa shape index (κ3) is 4.32. The summed E-state index contributed by atoms with van der Waals surface area (Å²) in [6.45, 7) is 3.21. The maximum absolute atomic E-state index is 13.5. The lowest BCUT2D eigenvalue weighted by Crippen LogP contribution is -2.29. The van der Waals surface area contributed by atoms with Crippen molar-refractivity contribution in [2.75, 3.05) is 31.8 Å². The summed E-state index contributed by atoms with van der Waals surface area (Å²) in [6, 6.07) is 16.5. The van der Waals surface area contributed by atoms with Gasteiger partial charge in [-0.15, -0.1) is 0 Å². The number of methoxy groups -OCH3 is 1. The maximum Gasteiger partial charge on any atom is 0.301 e. The molecule has 1 N–H and O–H groups in total. The molecule has 0 bridgehead atoms. The SMILES string of the molecule is CCOc1ccc2nc(N3C(=O)C(=O)/C(=C(\O)c4ccc5c(c4)OCCO5)C3c3ccc(OC)cc3)sc2c1. The van der Waals surface area contributed by atoms with E-state index in [1.165, 1.54) is 16.2 Å². The highest BCUT2D eigenvalue weighted by atomic mass is 32.1. The lowest BCUT2D eigenvalue weighted by molar-refractivity contribution is -0.132. The van der Waals surface area contributed by atoms with Gasteiger partial charge in [-0.25, -0.2) is 4.98 Å². The van der Waals surface area contributed by atoms with Gasteiger partial charge in [0, 0.05) is 5.56 Å². The van der Waals surface area contributed by atoms with Crippen molar-refractivity contribution in [2.45, 2.75) is 13.0 Å². The van der Waals surface area contributed by atoms with Crippen LogP contribution in [-0.4, -0.2) is 48.7 Å². The van der Waals surface area contributed by atoms with E-state index in [4.69, 9.17) is 18.9 Å². The quantitative estimate of drug-likeness (QED) is 0.203. The number of nitrogens with zero attached hydrogens (tertiary/aromatic N) is 2. The van der Waals surface area contributed by atoms with Gasteiger partial charge in [-0.2, -0.15) is 0 Å². The standard InChI is InChI=1S/C29H24N2O7S/c1-3-36-19-9-10-20-23(15-19)39-29(30-20)31-25(16-4-7-18(35-2)8-5-16)24(27(33)28(31)34)26(32)17-6-11-21-22(14-17)38-13-12-37-21/h4-11,14-15,25,32H,3,12-13H2,1-2H3/b26-24-. The van der Waals surface area contributed by atoms with Gasteiger partial charge in [-0.3, -0.25) is 14.5 Å². The van der Waals surface area contributed by atoms with Gasteiger partial charge in [0.2, 0.25) is 0 Å². The molecule has 4 aromatic rings. The largest absolute Gasteiger partial charge is 0.507 e. The minimum Gasteiger partial charge on any atom is -0.507 e. The molecular weight excluding hydrogens is 520 g/mol. The first kappa shape index (κ1) is 24.7. The highest BCUT2D eigenvalue weighted by Crippen LogP contribution is 2.45. The van der Waals surface area contributed by atoms with Gasteiger partial charge in [0.1, 0.15) is 30.5 Å². The summed E-state index contributed by atoms with van der Waals surface area (Å²) in [5.74, 6) is 0.408. The zero-order valence-electron chi connectivity index (χ0n) is 21.2. The van der Waals surface area contributed by atoms with Gasteiger partial charge in [0.25, 0.3) is 5.78 Å². The Morgan fingerprint density at radius 2 is 1.77 bits per heavy atom. The van der Waals surface area contributed by atoms with E-state index in [9.17, 15) is 14.7 Å². The minimum atomic E-state index is -0.920. The zero-order chi connectivity index (χ0) is 27.1. The van der Waals surface area contributed by atoms with E-state index in [-0.39, 0.29) is 11.3 Å². The summed E-state index contributed by atoms with van der Waals surface area (Å²) in [7, 11) is 1.56. The normalized spacial score (nSPS) is 18.0. The number of ketones is 1. The molecule has 1 aromatic heterocycles. The van der Waals surface area contributed by atoms with Gasteiger partial charge >= 0.3 is 5.91 Å². The van der Waals surface area contributed by atoms with Crippen LogP contribution in [0, 0.1) is 0 Å². The second-order valence-corrected chi connectivity index (χ2v) is 9.87. The molecule has 3 heterocycles. The summed E-state index contributed by atoms with van der Waals surface area (Å²) >= 11 is 1.27. The number of carbonyl (C=O) groups is 2. The van der Waals surface area contributed by atoms with E-state index < -0.39 is 17.7 Å². The number of hydrogen-bond acceptors (Lipinski definition) is 9. The molecule has 1 atom stereocenters. The number of anilines is 1. The highest BCUT2D eigenvalue weighted by molar-refractivity contribution is 7.22. The van der Waals surface area contributed by atoms with Crippen LogP contribution < -0.4 is 23.8 Å². The van der Waals surface area contributed by atoms with Gasteiger partial charge in [0.15, 0.2) is 16.6 Å². The van der Waals surface area contributed by atoms with Gasteiger partial charge in [-0.05, 0) is 61.0 Å². The van der Waals surface area contributed by atoms with Crippen molar-refractivity contribution >= 4 is 44.1 Å². The van der Waals surface area contributed by atoms with Gasteiger partial charge in [-0.1, -0.05) is 23.5 Å². The average molecular weight is 545 g/mol. The first-order chi connectivity index (χ1) is 19.0. The number of aliphatic hydroxyl groups is 1. The van der Waals surface area contributed by atoms with E-state index >= 15 is 0 Å². The number of hydrogen-bond donors (Lipinski definition) is 1. The van der Waals surface area contributed by atoms with Crippen LogP contribution in [0.1, 0.15) is 24.1 Å². The van der Waals surface area contributed by atoms with Crippen LogP contribution in [0.2, 0.25) is 0 Å². The van der Waals surface area contributed by atoms with Crippen LogP contribution in [0.5, 0.6) is 23.0 Å². The van der Waals surface area contributed by atoms with Crippen LogP contribution in [0.4, 0.5) is 5.13 Å². The van der Waals surface area contributed by atoms with Crippen molar-refractivity contribution < 1.29 is 33.6 Å². The molecule has 1 amide bonds. The summed E-state index contributed by atoms with van der Waals surface area (Å²) in [5.41, 5.74) is 1.57. The molecule has 0 spiro atoms. The van der Waals surface area contributed by atoms with E-state index in [1.54, 1.807) is 49.6 Å². The van der Waals surface area contributed by atoms with Crippen molar-refractivity contribution in [2.24, 2.45) is 0 Å². The fourth-order valence-electron chi connectivity index (χ4n) is 4.73. The van der Waals surface area contributed by atoms with Crippen molar-refractivity contribution in [3.63, 3.8) is 0 Å². The number of fused-ring (bicyclic) bond motifs is 2. The van der Waals surface area contributed by atoms with E-state index in [0.717, 1.165) is 4.70 Å². The lowest BCUT2D eigenvalue weighted by Gasteiger charge is -2.23. The number of rotatable bonds is 6. The van der Waals surface area contributed by atoms with Crippen LogP contribution in [-0.2, 0) is 9.59 Å². The summed E-state index contributed by atoms with van der Waals surface area (Å²) in [5, 5.41) is 11.8. The molecule has 6 rings (SSSR count). The number of aromatic nitrogens is 1. The van der Waals surface area contributed by atoms with E-state index in [2.05, 4.69) is 4.98 Å². The number of Topliss-reactive ketones (excluding diaryl/α,β-unsaturated/α-hetero) is 1. The Hall–Kier alpha value is -4.57. The molecule has 1 fully saturated rings. The summed E-state index contributed by atoms with van der Waals surface area (Å²) < 4.78 is 23.0. The molecule has 9 nitrogen and oxygen atoms in total. The van der Waals surface area contributed by atoms with E-state index in [1.807, 2.05) is 25.1 Å². The minimum absolute atomic E-state index is 0.0453. The molecule has 2 aliphatic heterocycles. The van der Waals surface area contributed by atoms with Gasteiger partial charge in [0.05, 0.1) is 35.5 Å². The Morgan fingerprint density at radius 1 is 1.03 bits per heavy atom. The van der Waals surface area contributed by atoms with Crippen molar-refractivity contribution in [1.82, 2.24) is 4.98 Å². The Balaban J connectivity index is 1.50. The topological polar surface area (TPSA) is 107 Å². The lowest BCUT2D eigenvalue weighted by atomic mass is 9.95. The Kier molecular flexibility index (Phi) is 6.32. The number of amides is 1. The predicted octanol–water partition coefficient (Wildman–Crippen LogP) is 5.10. The fraction of sp³-hybridized carbons (Fsp3) is 0.207. The molecule has 10 heteroatoms. The first-order valence-corrected chi connectivity index (χ1v) is 13.2. The number of benzene rings is 3. The molecule has 3 aromatic carbocycles. The Bertz CT molecular complexity index is 1630. The molecule has 39 heavy (non-hydrogen) atoms. The molecule has 0 aliphatic carbocycles. The zero-order valence-corrected chi connectivity index (χ0v) is 22.0. The second kappa shape index (κ2) is 9.95. The molecule has 0 saturated carbocycles. The molecule has 198 valence electrons. The Morgan fingerprint density at radius 3 is 2.51 bits per heavy atom. The van der Waals surface area contributed by atoms with Gasteiger partial charge < -0.3 is 24.1 Å². The highest BCUT2D eigenvalue weighted by Gasteiger charge is 2.48. The summed E-state index contributed by atoms with van der Waals surface area (Å²) in [4.78, 5) is 33.1. The fourth-order valence-corrected chi connectivity index (χ4v) is 5.75. The van der Waals surface area contributed by atoms with Crippen LogP contribution in [0.15, 0.2) is 66.2 Å². The molecule has 1 saturated heterocycles. The maximum atomic E-state index is 13.5. The average Bonchev–Trinajstić information content (AvgIpc) is 3.50. The Labute approximate surface area is 227 Å². The van der Waals surface area contributed by atoms with Crippen LogP contribution in [0.3, 0.4) is 0 Å². The van der Waals surface area contributed by atoms with E-state index in [0.29, 0.717) is 64.6 Å². The molecule has 1 unspecified atom stereocenters. The number of thiazole rings is 1. The smallest absolute Gasteiger partial charge is 0.301 e. The molecule has 2 aliphatic rings. The number of carbonyl (C=O) groups excluding carboxylic acids is 2. The first-order valence-electron chi connectivity index (χ1n) is 12.4. The van der Waals surface area contributed by atoms with Crippen molar-refractivity contribution in [3.8, 4) is 23.0 Å². The van der Waals surface area contributed by atoms with Crippen LogP contribution in [0.25, 0.3) is 16.0 Å². The second-order valence-electron chi connectivity index (χ2n) is 8.86. The monoisotopic (exact) mass is 544 g/mol. The molecular formula is C29H24N2O7S. The number of ether oxygens (including phenoxy) is 4. The van der Waals surface area contributed by atoms with Crippen molar-refractivity contribution in [3.05, 3.63) is 77.4 Å². The third-order valence-corrected chi connectivity index (χ3v) is 7.57. The molecule has 0 radical (unpaired) electrons. The number of aliphatic hydroxyl groups excluding tert-OH is 1. The predicted molar refractivity (Wildman–Crippen MR) is 146 cm³/mol. The van der Waals surface area contributed by atoms with Crippen molar-refractivity contribution in [1.29, 1.82) is 0 Å². The van der Waals surface area contributed by atoms with Crippen LogP contribution >= 0.6 is 11.3 Å². The summed E-state index contributed by atoms with van der Waals surface area (Å²) in [6.07, 6.45) is 0. The third-order valence-electron chi connectivity index (χ3n) is 6.56.